The Kier molecular flexibility index (Phi) is 2.57. The summed E-state index contributed by atoms with van der Waals surface area (Å²) in [6.45, 7) is 0. The lowest BCUT2D eigenvalue weighted by Gasteiger charge is -1.96. The van der Waals surface area contributed by atoms with Gasteiger partial charge in [-0.25, -0.2) is 9.97 Å². The van der Waals surface area contributed by atoms with Crippen molar-refractivity contribution >= 4 is 11.9 Å². The average Bonchev–Trinajstić information content (AvgIpc) is 2.03. The molecule has 0 aliphatic carbocycles. The molecular formula is C7H9N3O2. The third kappa shape index (κ3) is 2.53. The van der Waals surface area contributed by atoms with Gasteiger partial charge in [0.2, 0.25) is 5.95 Å². The van der Waals surface area contributed by atoms with Gasteiger partial charge in [0.1, 0.15) is 0 Å². The average molecular weight is 167 g/mol. The molecule has 5 heteroatoms. The van der Waals surface area contributed by atoms with Crippen LogP contribution in [-0.4, -0.2) is 21.0 Å². The molecule has 12 heavy (non-hydrogen) atoms. The summed E-state index contributed by atoms with van der Waals surface area (Å²) in [5, 5.41) is 8.36. The number of aromatic nitrogens is 2. The number of carboxylic acids is 1. The second-order valence-corrected chi connectivity index (χ2v) is 2.34. The van der Waals surface area contributed by atoms with Crippen LogP contribution in [0.4, 0.5) is 5.95 Å². The summed E-state index contributed by atoms with van der Waals surface area (Å²) in [5.41, 5.74) is 6.03. The van der Waals surface area contributed by atoms with Crippen LogP contribution in [0.15, 0.2) is 12.4 Å². The Bertz CT molecular complexity index is 270. The zero-order valence-electron chi connectivity index (χ0n) is 6.40. The molecule has 1 aromatic heterocycles. The largest absolute Gasteiger partial charge is 0.481 e. The van der Waals surface area contributed by atoms with Crippen molar-refractivity contribution in [3.05, 3.63) is 18.0 Å². The molecule has 0 amide bonds. The summed E-state index contributed by atoms with van der Waals surface area (Å²) in [7, 11) is 0. The van der Waals surface area contributed by atoms with Gasteiger partial charge in [-0.05, 0) is 12.0 Å². The van der Waals surface area contributed by atoms with Gasteiger partial charge in [0, 0.05) is 18.8 Å². The summed E-state index contributed by atoms with van der Waals surface area (Å²) in [6.07, 6.45) is 3.60. The molecule has 0 atom stereocenters. The van der Waals surface area contributed by atoms with E-state index in [9.17, 15) is 4.79 Å². The highest BCUT2D eigenvalue weighted by molar-refractivity contribution is 5.67. The minimum Gasteiger partial charge on any atom is -0.481 e. The first-order valence-electron chi connectivity index (χ1n) is 3.46. The molecule has 1 heterocycles. The first-order valence-corrected chi connectivity index (χ1v) is 3.46. The number of carboxylic acid groups (broad SMARTS) is 1. The lowest BCUT2D eigenvalue weighted by atomic mass is 10.2. The molecule has 0 saturated carbocycles. The van der Waals surface area contributed by atoms with Gasteiger partial charge in [-0.2, -0.15) is 0 Å². The number of aliphatic carboxylic acids is 1. The fraction of sp³-hybridized carbons (Fsp3) is 0.286. The molecule has 0 aromatic carbocycles. The van der Waals surface area contributed by atoms with Crippen molar-refractivity contribution in [2.45, 2.75) is 12.8 Å². The summed E-state index contributed by atoms with van der Waals surface area (Å²) in [4.78, 5) is 17.6. The molecule has 3 N–H and O–H groups in total. The van der Waals surface area contributed by atoms with Gasteiger partial charge in [0.15, 0.2) is 0 Å². The zero-order chi connectivity index (χ0) is 8.97. The van der Waals surface area contributed by atoms with Crippen molar-refractivity contribution in [2.24, 2.45) is 0 Å². The van der Waals surface area contributed by atoms with Crippen molar-refractivity contribution in [1.29, 1.82) is 0 Å². The molecular weight excluding hydrogens is 158 g/mol. The van der Waals surface area contributed by atoms with Crippen LogP contribution in [0.25, 0.3) is 0 Å². The lowest BCUT2D eigenvalue weighted by Crippen LogP contribution is -2.00. The molecule has 0 fully saturated rings. The van der Waals surface area contributed by atoms with Crippen LogP contribution in [-0.2, 0) is 11.2 Å². The van der Waals surface area contributed by atoms with Crippen LogP contribution in [0.2, 0.25) is 0 Å². The van der Waals surface area contributed by atoms with Gasteiger partial charge < -0.3 is 10.8 Å². The van der Waals surface area contributed by atoms with Crippen LogP contribution in [0.5, 0.6) is 0 Å². The molecule has 0 aliphatic heterocycles. The van der Waals surface area contributed by atoms with E-state index in [1.807, 2.05) is 0 Å². The van der Waals surface area contributed by atoms with E-state index in [2.05, 4.69) is 9.97 Å². The number of hydrogen-bond donors (Lipinski definition) is 2. The molecule has 0 spiro atoms. The number of nitrogen functional groups attached to an aromatic ring is 1. The maximum Gasteiger partial charge on any atom is 0.303 e. The second kappa shape index (κ2) is 3.66. The number of carbonyl (C=O) groups is 1. The van der Waals surface area contributed by atoms with Gasteiger partial charge >= 0.3 is 5.97 Å². The molecule has 0 bridgehead atoms. The zero-order valence-corrected chi connectivity index (χ0v) is 6.40. The lowest BCUT2D eigenvalue weighted by molar-refractivity contribution is -0.136. The number of aryl methyl sites for hydroxylation is 1. The highest BCUT2D eigenvalue weighted by Gasteiger charge is 1.99. The number of hydrogen-bond acceptors (Lipinski definition) is 4. The van der Waals surface area contributed by atoms with Crippen molar-refractivity contribution in [2.75, 3.05) is 5.73 Å². The Morgan fingerprint density at radius 1 is 1.50 bits per heavy atom. The summed E-state index contributed by atoms with van der Waals surface area (Å²) >= 11 is 0. The molecule has 64 valence electrons. The van der Waals surface area contributed by atoms with E-state index >= 15 is 0 Å². The molecule has 0 unspecified atom stereocenters. The number of anilines is 1. The quantitative estimate of drug-likeness (QED) is 0.665. The van der Waals surface area contributed by atoms with E-state index in [0.29, 0.717) is 6.42 Å². The molecule has 0 saturated heterocycles. The predicted molar refractivity (Wildman–Crippen MR) is 42.4 cm³/mol. The monoisotopic (exact) mass is 167 g/mol. The van der Waals surface area contributed by atoms with Gasteiger partial charge in [0.05, 0.1) is 0 Å². The fourth-order valence-electron chi connectivity index (χ4n) is 0.745. The van der Waals surface area contributed by atoms with Crippen LogP contribution >= 0.6 is 0 Å². The number of nitrogens with two attached hydrogens (primary N) is 1. The van der Waals surface area contributed by atoms with Crippen LogP contribution < -0.4 is 5.73 Å². The number of nitrogens with zero attached hydrogens (tertiary/aromatic N) is 2. The van der Waals surface area contributed by atoms with Crippen molar-refractivity contribution in [3.8, 4) is 0 Å². The van der Waals surface area contributed by atoms with E-state index in [-0.39, 0.29) is 12.4 Å². The Labute approximate surface area is 69.3 Å². The van der Waals surface area contributed by atoms with Gasteiger partial charge in [0.25, 0.3) is 0 Å². The Balaban J connectivity index is 2.53. The maximum atomic E-state index is 10.2. The minimum atomic E-state index is -0.827. The van der Waals surface area contributed by atoms with Gasteiger partial charge in [-0.15, -0.1) is 0 Å². The Morgan fingerprint density at radius 2 is 2.08 bits per heavy atom. The van der Waals surface area contributed by atoms with Crippen LogP contribution in [0.1, 0.15) is 12.0 Å². The smallest absolute Gasteiger partial charge is 0.303 e. The normalized spacial score (nSPS) is 9.67. The van der Waals surface area contributed by atoms with Crippen LogP contribution in [0.3, 0.4) is 0 Å². The van der Waals surface area contributed by atoms with E-state index in [1.54, 1.807) is 0 Å². The first-order chi connectivity index (χ1) is 5.68. The van der Waals surface area contributed by atoms with E-state index in [1.165, 1.54) is 12.4 Å². The molecule has 0 radical (unpaired) electrons. The minimum absolute atomic E-state index is 0.0906. The maximum absolute atomic E-state index is 10.2. The van der Waals surface area contributed by atoms with Crippen molar-refractivity contribution < 1.29 is 9.90 Å². The van der Waals surface area contributed by atoms with Crippen LogP contribution in [0, 0.1) is 0 Å². The molecule has 0 aliphatic rings. The van der Waals surface area contributed by atoms with Crippen molar-refractivity contribution in [3.63, 3.8) is 0 Å². The third-order valence-corrected chi connectivity index (χ3v) is 1.35. The number of rotatable bonds is 3. The Morgan fingerprint density at radius 3 is 2.58 bits per heavy atom. The van der Waals surface area contributed by atoms with E-state index < -0.39 is 5.97 Å². The third-order valence-electron chi connectivity index (χ3n) is 1.35. The molecule has 1 rings (SSSR count). The topological polar surface area (TPSA) is 89.1 Å². The Hall–Kier alpha value is -1.65. The fourth-order valence-corrected chi connectivity index (χ4v) is 0.745. The molecule has 1 aromatic rings. The van der Waals surface area contributed by atoms with Crippen molar-refractivity contribution in [1.82, 2.24) is 9.97 Å². The standard InChI is InChI=1S/C7H9N3O2/c8-7-9-3-5(4-10-7)1-2-6(11)12/h3-4H,1-2H2,(H,11,12)(H2,8,9,10). The summed E-state index contributed by atoms with van der Waals surface area (Å²) < 4.78 is 0. The highest BCUT2D eigenvalue weighted by atomic mass is 16.4. The second-order valence-electron chi connectivity index (χ2n) is 2.34. The molecule has 5 nitrogen and oxygen atoms in total. The predicted octanol–water partition coefficient (Wildman–Crippen LogP) is 0.0760. The van der Waals surface area contributed by atoms with E-state index in [0.717, 1.165) is 5.56 Å². The van der Waals surface area contributed by atoms with Gasteiger partial charge in [-0.3, -0.25) is 4.79 Å². The SMILES string of the molecule is Nc1ncc(CCC(=O)O)cn1. The summed E-state index contributed by atoms with van der Waals surface area (Å²) in [5.74, 6) is -0.624. The summed E-state index contributed by atoms with van der Waals surface area (Å²) in [6, 6.07) is 0. The highest BCUT2D eigenvalue weighted by Crippen LogP contribution is 2.00. The van der Waals surface area contributed by atoms with Gasteiger partial charge in [-0.1, -0.05) is 0 Å². The van der Waals surface area contributed by atoms with E-state index in [4.69, 9.17) is 10.8 Å². The first kappa shape index (κ1) is 8.45.